The number of aryl methyl sites for hydroxylation is 2. The van der Waals surface area contributed by atoms with E-state index in [1.165, 1.54) is 0 Å². The van der Waals surface area contributed by atoms with Crippen molar-refractivity contribution in [3.63, 3.8) is 0 Å². The second-order valence-electron chi connectivity index (χ2n) is 4.37. The molecule has 0 aliphatic rings. The van der Waals surface area contributed by atoms with E-state index in [0.717, 1.165) is 24.2 Å². The summed E-state index contributed by atoms with van der Waals surface area (Å²) in [5.41, 5.74) is 2.04. The number of nitrogens with one attached hydrogen (secondary N) is 1. The second kappa shape index (κ2) is 6.22. The van der Waals surface area contributed by atoms with Crippen LogP contribution in [0.25, 0.3) is 0 Å². The largest absolute Gasteiger partial charge is 0.401 e. The molecule has 1 N–H and O–H groups in total. The average Bonchev–Trinajstić information content (AvgIpc) is 2.70. The summed E-state index contributed by atoms with van der Waals surface area (Å²) in [6, 6.07) is 1.93. The van der Waals surface area contributed by atoms with Crippen LogP contribution in [0.3, 0.4) is 0 Å². The molecule has 1 rings (SSSR count). The van der Waals surface area contributed by atoms with Crippen LogP contribution in [-0.4, -0.2) is 29.0 Å². The molecule has 0 aliphatic heterocycles. The van der Waals surface area contributed by atoms with Crippen molar-refractivity contribution in [3.05, 3.63) is 17.5 Å². The SMILES string of the molecule is CCc1cc(CC)n(C(C)CNCC(F)(F)F)n1. The highest BCUT2D eigenvalue weighted by molar-refractivity contribution is 5.11. The Bertz CT molecular complexity index is 371. The zero-order valence-electron chi connectivity index (χ0n) is 11.0. The number of aromatic nitrogens is 2. The minimum Gasteiger partial charge on any atom is -0.307 e. The third-order valence-electron chi connectivity index (χ3n) is 2.77. The number of hydrogen-bond donors (Lipinski definition) is 1. The first-order chi connectivity index (χ1) is 8.37. The van der Waals surface area contributed by atoms with Gasteiger partial charge in [-0.1, -0.05) is 13.8 Å². The van der Waals surface area contributed by atoms with Crippen LogP contribution in [0.15, 0.2) is 6.07 Å². The van der Waals surface area contributed by atoms with Crippen LogP contribution < -0.4 is 5.32 Å². The summed E-state index contributed by atoms with van der Waals surface area (Å²) in [5.74, 6) is 0. The first kappa shape index (κ1) is 15.0. The second-order valence-corrected chi connectivity index (χ2v) is 4.37. The molecule has 1 atom stereocenters. The quantitative estimate of drug-likeness (QED) is 0.855. The van der Waals surface area contributed by atoms with Crippen molar-refractivity contribution in [1.82, 2.24) is 15.1 Å². The lowest BCUT2D eigenvalue weighted by atomic mass is 10.2. The van der Waals surface area contributed by atoms with Crippen molar-refractivity contribution in [2.45, 2.75) is 45.8 Å². The van der Waals surface area contributed by atoms with Gasteiger partial charge in [0.05, 0.1) is 18.3 Å². The molecule has 0 saturated heterocycles. The summed E-state index contributed by atoms with van der Waals surface area (Å²) in [7, 11) is 0. The van der Waals surface area contributed by atoms with Crippen LogP contribution in [0.4, 0.5) is 13.2 Å². The highest BCUT2D eigenvalue weighted by Crippen LogP contribution is 2.15. The van der Waals surface area contributed by atoms with E-state index in [1.807, 2.05) is 31.5 Å². The van der Waals surface area contributed by atoms with Gasteiger partial charge >= 0.3 is 6.18 Å². The lowest BCUT2D eigenvalue weighted by Crippen LogP contribution is -2.33. The van der Waals surface area contributed by atoms with Crippen molar-refractivity contribution in [1.29, 1.82) is 0 Å². The predicted molar refractivity (Wildman–Crippen MR) is 64.6 cm³/mol. The van der Waals surface area contributed by atoms with Crippen LogP contribution >= 0.6 is 0 Å². The molecule has 1 heterocycles. The van der Waals surface area contributed by atoms with Gasteiger partial charge in [-0.05, 0) is 25.8 Å². The number of hydrogen-bond acceptors (Lipinski definition) is 2. The molecule has 0 amide bonds. The van der Waals surface area contributed by atoms with Crippen LogP contribution in [0, 0.1) is 0 Å². The first-order valence-electron chi connectivity index (χ1n) is 6.22. The van der Waals surface area contributed by atoms with Crippen LogP contribution in [0.1, 0.15) is 38.2 Å². The van der Waals surface area contributed by atoms with Crippen molar-refractivity contribution < 1.29 is 13.2 Å². The molecule has 1 unspecified atom stereocenters. The maximum absolute atomic E-state index is 12.0. The van der Waals surface area contributed by atoms with E-state index >= 15 is 0 Å². The summed E-state index contributed by atoms with van der Waals surface area (Å²) in [4.78, 5) is 0. The van der Waals surface area contributed by atoms with Gasteiger partial charge in [0, 0.05) is 12.2 Å². The normalized spacial score (nSPS) is 13.9. The molecule has 0 spiro atoms. The van der Waals surface area contributed by atoms with E-state index in [2.05, 4.69) is 10.4 Å². The lowest BCUT2D eigenvalue weighted by Gasteiger charge is -2.16. The van der Waals surface area contributed by atoms with Gasteiger partial charge in [0.2, 0.25) is 0 Å². The van der Waals surface area contributed by atoms with E-state index < -0.39 is 12.7 Å². The monoisotopic (exact) mass is 263 g/mol. The van der Waals surface area contributed by atoms with Crippen molar-refractivity contribution in [2.24, 2.45) is 0 Å². The van der Waals surface area contributed by atoms with E-state index in [-0.39, 0.29) is 12.6 Å². The molecule has 0 radical (unpaired) electrons. The van der Waals surface area contributed by atoms with E-state index in [0.29, 0.717) is 0 Å². The molecule has 0 aliphatic carbocycles. The minimum atomic E-state index is -4.16. The van der Waals surface area contributed by atoms with Gasteiger partial charge in [0.25, 0.3) is 0 Å². The van der Waals surface area contributed by atoms with E-state index in [4.69, 9.17) is 0 Å². The van der Waals surface area contributed by atoms with Crippen LogP contribution in [0.2, 0.25) is 0 Å². The topological polar surface area (TPSA) is 29.9 Å². The molecule has 0 saturated carbocycles. The standard InChI is InChI=1S/C12H20F3N3/c1-4-10-6-11(5-2)18(17-10)9(3)7-16-8-12(13,14)15/h6,9,16H,4-5,7-8H2,1-3H3. The van der Waals surface area contributed by atoms with Gasteiger partial charge in [-0.15, -0.1) is 0 Å². The van der Waals surface area contributed by atoms with E-state index in [1.54, 1.807) is 0 Å². The predicted octanol–water partition coefficient (Wildman–Crippen LogP) is 2.72. The maximum Gasteiger partial charge on any atom is 0.401 e. The lowest BCUT2D eigenvalue weighted by molar-refractivity contribution is -0.125. The fourth-order valence-corrected chi connectivity index (χ4v) is 1.82. The fourth-order valence-electron chi connectivity index (χ4n) is 1.82. The molecule has 18 heavy (non-hydrogen) atoms. The van der Waals surface area contributed by atoms with Gasteiger partial charge < -0.3 is 5.32 Å². The molecule has 104 valence electrons. The molecule has 1 aromatic heterocycles. The highest BCUT2D eigenvalue weighted by atomic mass is 19.4. The number of rotatable bonds is 6. The van der Waals surface area contributed by atoms with Gasteiger partial charge in [-0.25, -0.2) is 0 Å². The number of halogens is 3. The van der Waals surface area contributed by atoms with Crippen molar-refractivity contribution in [3.8, 4) is 0 Å². The van der Waals surface area contributed by atoms with Gasteiger partial charge in [0.15, 0.2) is 0 Å². The van der Waals surface area contributed by atoms with E-state index in [9.17, 15) is 13.2 Å². The maximum atomic E-state index is 12.0. The van der Waals surface area contributed by atoms with Crippen molar-refractivity contribution >= 4 is 0 Å². The summed E-state index contributed by atoms with van der Waals surface area (Å²) in [6.07, 6.45) is -2.49. The van der Waals surface area contributed by atoms with Crippen LogP contribution in [-0.2, 0) is 12.8 Å². The Labute approximate surface area is 105 Å². The molecule has 6 heteroatoms. The van der Waals surface area contributed by atoms with Crippen LogP contribution in [0.5, 0.6) is 0 Å². The molecular formula is C12H20F3N3. The van der Waals surface area contributed by atoms with Gasteiger partial charge in [-0.2, -0.15) is 18.3 Å². The smallest absolute Gasteiger partial charge is 0.307 e. The Morgan fingerprint density at radius 3 is 2.50 bits per heavy atom. The Kier molecular flexibility index (Phi) is 5.19. The molecular weight excluding hydrogens is 243 g/mol. The zero-order valence-corrected chi connectivity index (χ0v) is 11.0. The summed E-state index contributed by atoms with van der Waals surface area (Å²) in [5, 5.41) is 6.83. The Balaban J connectivity index is 2.60. The summed E-state index contributed by atoms with van der Waals surface area (Å²) in [6.45, 7) is 5.20. The average molecular weight is 263 g/mol. The van der Waals surface area contributed by atoms with Gasteiger partial charge in [-0.3, -0.25) is 4.68 Å². The van der Waals surface area contributed by atoms with Crippen molar-refractivity contribution in [2.75, 3.05) is 13.1 Å². The Morgan fingerprint density at radius 1 is 1.33 bits per heavy atom. The third kappa shape index (κ3) is 4.33. The fraction of sp³-hybridized carbons (Fsp3) is 0.750. The number of alkyl halides is 3. The molecule has 0 fully saturated rings. The van der Waals surface area contributed by atoms with Gasteiger partial charge in [0.1, 0.15) is 0 Å². The molecule has 0 bridgehead atoms. The third-order valence-corrected chi connectivity index (χ3v) is 2.77. The zero-order chi connectivity index (χ0) is 13.8. The molecule has 3 nitrogen and oxygen atoms in total. The first-order valence-corrected chi connectivity index (χ1v) is 6.22. The Morgan fingerprint density at radius 2 is 2.00 bits per heavy atom. The summed E-state index contributed by atoms with van der Waals surface area (Å²) < 4.78 is 37.9. The minimum absolute atomic E-state index is 0.0809. The highest BCUT2D eigenvalue weighted by Gasteiger charge is 2.26. The molecule has 1 aromatic rings. The Hall–Kier alpha value is -1.04. The molecule has 0 aromatic carbocycles. The summed E-state index contributed by atoms with van der Waals surface area (Å²) >= 11 is 0. The number of nitrogens with zero attached hydrogens (tertiary/aromatic N) is 2.